The molecule has 0 saturated carbocycles. The summed E-state index contributed by atoms with van der Waals surface area (Å²) in [6.45, 7) is 2.24. The summed E-state index contributed by atoms with van der Waals surface area (Å²) in [5.74, 6) is 1.11. The van der Waals surface area contributed by atoms with Crippen LogP contribution >= 0.6 is 33.9 Å². The maximum atomic E-state index is 12.5. The van der Waals surface area contributed by atoms with Gasteiger partial charge in [0.2, 0.25) is 5.91 Å². The largest absolute Gasteiger partial charge is 0.355 e. The van der Waals surface area contributed by atoms with Crippen molar-refractivity contribution in [3.05, 3.63) is 63.0 Å². The molecule has 0 spiro atoms. The number of hydrogen-bond acceptors (Lipinski definition) is 5. The van der Waals surface area contributed by atoms with Gasteiger partial charge in [-0.1, -0.05) is 18.2 Å². The van der Waals surface area contributed by atoms with E-state index in [9.17, 15) is 4.79 Å². The number of rotatable bonds is 5. The summed E-state index contributed by atoms with van der Waals surface area (Å²) >= 11 is 3.95. The third kappa shape index (κ3) is 4.70. The Kier molecular flexibility index (Phi) is 6.21. The van der Waals surface area contributed by atoms with Crippen LogP contribution in [0.25, 0.3) is 10.6 Å². The topological polar surface area (TPSA) is 58.1 Å². The summed E-state index contributed by atoms with van der Waals surface area (Å²) in [5, 5.41) is 13.9. The lowest BCUT2D eigenvalue weighted by Crippen LogP contribution is -2.40. The number of nitrogens with one attached hydrogen (secondary N) is 1. The molecule has 1 N–H and O–H groups in total. The smallest absolute Gasteiger partial charge is 0.223 e. The number of thiophene rings is 1. The van der Waals surface area contributed by atoms with E-state index in [1.165, 1.54) is 3.57 Å². The van der Waals surface area contributed by atoms with E-state index in [1.54, 1.807) is 11.3 Å². The molecular weight excluding hydrogens is 483 g/mol. The second-order valence-corrected chi connectivity index (χ2v) is 9.05. The fourth-order valence-corrected chi connectivity index (χ4v) is 4.41. The predicted molar refractivity (Wildman–Crippen MR) is 121 cm³/mol. The van der Waals surface area contributed by atoms with Crippen LogP contribution in [-0.4, -0.2) is 29.2 Å². The molecule has 0 bridgehead atoms. The highest BCUT2D eigenvalue weighted by Crippen LogP contribution is 2.25. The summed E-state index contributed by atoms with van der Waals surface area (Å²) in [4.78, 5) is 15.8. The summed E-state index contributed by atoms with van der Waals surface area (Å²) in [6, 6.07) is 16.4. The van der Waals surface area contributed by atoms with Gasteiger partial charge in [0, 0.05) is 29.1 Å². The zero-order chi connectivity index (χ0) is 19.3. The van der Waals surface area contributed by atoms with Crippen molar-refractivity contribution in [2.45, 2.75) is 19.4 Å². The Morgan fingerprint density at radius 1 is 1.11 bits per heavy atom. The molecular formula is C21H21IN4OS. The zero-order valence-electron chi connectivity index (χ0n) is 15.3. The standard InChI is InChI=1S/C21H21IN4OS/c22-17-5-3-15(4-6-17)14-23-21(27)16-9-11-26(12-10-16)20-8-7-18(24-25-20)19-2-1-13-28-19/h1-8,13,16H,9-12,14H2,(H,23,27). The number of carbonyl (C=O) groups is 1. The number of amides is 1. The molecule has 2 aromatic heterocycles. The fourth-order valence-electron chi connectivity index (χ4n) is 3.36. The van der Waals surface area contributed by atoms with Gasteiger partial charge in [-0.3, -0.25) is 4.79 Å². The first-order valence-electron chi connectivity index (χ1n) is 9.34. The van der Waals surface area contributed by atoms with Gasteiger partial charge in [-0.15, -0.1) is 21.5 Å². The quantitative estimate of drug-likeness (QED) is 0.526. The maximum absolute atomic E-state index is 12.5. The third-order valence-electron chi connectivity index (χ3n) is 4.99. The molecule has 4 rings (SSSR count). The Bertz CT molecular complexity index is 905. The number of hydrogen-bond donors (Lipinski definition) is 1. The molecule has 5 nitrogen and oxygen atoms in total. The summed E-state index contributed by atoms with van der Waals surface area (Å²) < 4.78 is 1.20. The SMILES string of the molecule is O=C(NCc1ccc(I)cc1)C1CCN(c2ccc(-c3cccs3)nn2)CC1. The van der Waals surface area contributed by atoms with Crippen molar-refractivity contribution in [2.75, 3.05) is 18.0 Å². The summed E-state index contributed by atoms with van der Waals surface area (Å²) in [5.41, 5.74) is 2.04. The highest BCUT2D eigenvalue weighted by atomic mass is 127. The number of anilines is 1. The van der Waals surface area contributed by atoms with Crippen molar-refractivity contribution in [2.24, 2.45) is 5.92 Å². The zero-order valence-corrected chi connectivity index (χ0v) is 18.3. The first-order valence-corrected chi connectivity index (χ1v) is 11.3. The van der Waals surface area contributed by atoms with Gasteiger partial charge < -0.3 is 10.2 Å². The maximum Gasteiger partial charge on any atom is 0.223 e. The van der Waals surface area contributed by atoms with Crippen LogP contribution in [0.2, 0.25) is 0 Å². The number of carbonyl (C=O) groups excluding carboxylic acids is 1. The van der Waals surface area contributed by atoms with Crippen molar-refractivity contribution in [1.29, 1.82) is 0 Å². The van der Waals surface area contributed by atoms with E-state index in [0.29, 0.717) is 6.54 Å². The Morgan fingerprint density at radius 2 is 1.89 bits per heavy atom. The molecule has 1 saturated heterocycles. The monoisotopic (exact) mass is 504 g/mol. The van der Waals surface area contributed by atoms with Gasteiger partial charge in [0.15, 0.2) is 5.82 Å². The second kappa shape index (κ2) is 9.00. The Labute approximate surface area is 182 Å². The lowest BCUT2D eigenvalue weighted by molar-refractivity contribution is -0.125. The van der Waals surface area contributed by atoms with Gasteiger partial charge in [-0.2, -0.15) is 0 Å². The van der Waals surface area contributed by atoms with Gasteiger partial charge in [0.1, 0.15) is 5.69 Å². The lowest BCUT2D eigenvalue weighted by Gasteiger charge is -2.31. The van der Waals surface area contributed by atoms with E-state index in [2.05, 4.69) is 73.3 Å². The molecule has 0 unspecified atom stereocenters. The molecule has 28 heavy (non-hydrogen) atoms. The number of halogens is 1. The van der Waals surface area contributed by atoms with Gasteiger partial charge in [0.05, 0.1) is 4.88 Å². The highest BCUT2D eigenvalue weighted by Gasteiger charge is 2.25. The van der Waals surface area contributed by atoms with Gasteiger partial charge in [0.25, 0.3) is 0 Å². The van der Waals surface area contributed by atoms with E-state index in [4.69, 9.17) is 0 Å². The van der Waals surface area contributed by atoms with Crippen molar-refractivity contribution in [1.82, 2.24) is 15.5 Å². The summed E-state index contributed by atoms with van der Waals surface area (Å²) in [7, 11) is 0. The Balaban J connectivity index is 1.28. The molecule has 1 aliphatic rings. The van der Waals surface area contributed by atoms with Gasteiger partial charge in [-0.05, 0) is 76.7 Å². The van der Waals surface area contributed by atoms with Crippen molar-refractivity contribution < 1.29 is 4.79 Å². The van der Waals surface area contributed by atoms with Crippen LogP contribution in [0.3, 0.4) is 0 Å². The summed E-state index contributed by atoms with van der Waals surface area (Å²) in [6.07, 6.45) is 1.68. The van der Waals surface area contributed by atoms with Crippen molar-refractivity contribution in [3.63, 3.8) is 0 Å². The van der Waals surface area contributed by atoms with Crippen LogP contribution in [0.15, 0.2) is 53.9 Å². The van der Waals surface area contributed by atoms with Crippen LogP contribution < -0.4 is 10.2 Å². The predicted octanol–water partition coefficient (Wildman–Crippen LogP) is 4.34. The first-order chi connectivity index (χ1) is 13.7. The molecule has 1 aromatic carbocycles. The van der Waals surface area contributed by atoms with Crippen molar-refractivity contribution >= 4 is 45.7 Å². The minimum absolute atomic E-state index is 0.0680. The normalized spacial score (nSPS) is 14.8. The molecule has 1 fully saturated rings. The minimum atomic E-state index is 0.0680. The van der Waals surface area contributed by atoms with Crippen LogP contribution in [0.5, 0.6) is 0 Å². The minimum Gasteiger partial charge on any atom is -0.355 e. The van der Waals surface area contributed by atoms with Crippen LogP contribution in [0, 0.1) is 9.49 Å². The van der Waals surface area contributed by atoms with Crippen LogP contribution in [-0.2, 0) is 11.3 Å². The van der Waals surface area contributed by atoms with Crippen LogP contribution in [0.4, 0.5) is 5.82 Å². The van der Waals surface area contributed by atoms with Gasteiger partial charge >= 0.3 is 0 Å². The van der Waals surface area contributed by atoms with Gasteiger partial charge in [-0.25, -0.2) is 0 Å². The Morgan fingerprint density at radius 3 is 2.54 bits per heavy atom. The molecule has 1 aliphatic heterocycles. The Hall–Kier alpha value is -2.00. The lowest BCUT2D eigenvalue weighted by atomic mass is 9.96. The van der Waals surface area contributed by atoms with E-state index < -0.39 is 0 Å². The number of aromatic nitrogens is 2. The molecule has 1 amide bonds. The fraction of sp³-hybridized carbons (Fsp3) is 0.286. The average Bonchev–Trinajstić information content (AvgIpc) is 3.28. The van der Waals surface area contributed by atoms with E-state index in [-0.39, 0.29) is 11.8 Å². The van der Waals surface area contributed by atoms with E-state index in [0.717, 1.165) is 47.9 Å². The first kappa shape index (κ1) is 19.3. The highest BCUT2D eigenvalue weighted by molar-refractivity contribution is 14.1. The molecule has 3 aromatic rings. The number of benzene rings is 1. The average molecular weight is 504 g/mol. The molecule has 0 atom stereocenters. The number of piperidine rings is 1. The molecule has 7 heteroatoms. The molecule has 144 valence electrons. The van der Waals surface area contributed by atoms with E-state index in [1.807, 2.05) is 23.6 Å². The molecule has 0 radical (unpaired) electrons. The second-order valence-electron chi connectivity index (χ2n) is 6.86. The molecule has 3 heterocycles. The third-order valence-corrected chi connectivity index (χ3v) is 6.61. The number of nitrogens with zero attached hydrogens (tertiary/aromatic N) is 3. The van der Waals surface area contributed by atoms with E-state index >= 15 is 0 Å². The molecule has 0 aliphatic carbocycles. The van der Waals surface area contributed by atoms with Crippen LogP contribution in [0.1, 0.15) is 18.4 Å². The van der Waals surface area contributed by atoms with Crippen molar-refractivity contribution in [3.8, 4) is 10.6 Å².